The number of carbonyl (C=O) groups is 2. The first kappa shape index (κ1) is 23.1. The first-order valence-electron chi connectivity index (χ1n) is 9.24. The highest BCUT2D eigenvalue weighted by atomic mass is 35.5. The number of carboxylic acids is 1. The molecule has 3 aromatic rings. The van der Waals surface area contributed by atoms with E-state index in [2.05, 4.69) is 24.1 Å². The zero-order valence-corrected chi connectivity index (χ0v) is 18.7. The van der Waals surface area contributed by atoms with Gasteiger partial charge in [0.2, 0.25) is 0 Å². The van der Waals surface area contributed by atoms with Crippen molar-refractivity contribution in [3.8, 4) is 0 Å². The van der Waals surface area contributed by atoms with Gasteiger partial charge in [0.25, 0.3) is 5.91 Å². The largest absolute Gasteiger partial charge is 0.478 e. The monoisotopic (exact) mass is 450 g/mol. The van der Waals surface area contributed by atoms with Crippen LogP contribution in [0.2, 0.25) is 5.02 Å². The smallest absolute Gasteiger partial charge is 0.336 e. The molecule has 3 heterocycles. The topological polar surface area (TPSA) is 79.3 Å². The van der Waals surface area contributed by atoms with Crippen LogP contribution < -0.4 is 5.32 Å². The average Bonchev–Trinajstić information content (AvgIpc) is 3.35. The quantitative estimate of drug-likeness (QED) is 0.436. The third-order valence-corrected chi connectivity index (χ3v) is 6.00. The molecule has 0 atom stereocenters. The van der Waals surface area contributed by atoms with Gasteiger partial charge >= 0.3 is 5.97 Å². The van der Waals surface area contributed by atoms with Crippen LogP contribution >= 0.6 is 34.3 Å². The first-order valence-corrected chi connectivity index (χ1v) is 11.4. The van der Waals surface area contributed by atoms with E-state index in [0.29, 0.717) is 22.0 Å². The van der Waals surface area contributed by atoms with E-state index in [-0.39, 0.29) is 5.91 Å². The Kier molecular flexibility index (Phi) is 9.31. The fourth-order valence-electron chi connectivity index (χ4n) is 2.39. The van der Waals surface area contributed by atoms with Gasteiger partial charge in [-0.05, 0) is 37.1 Å². The van der Waals surface area contributed by atoms with Crippen molar-refractivity contribution >= 4 is 52.0 Å². The van der Waals surface area contributed by atoms with Crippen LogP contribution in [-0.2, 0) is 12.8 Å². The maximum Gasteiger partial charge on any atom is 0.336 e. The second-order valence-corrected chi connectivity index (χ2v) is 8.65. The number of pyridine rings is 1. The number of nitrogens with one attached hydrogen (secondary N) is 1. The fourth-order valence-corrected chi connectivity index (χ4v) is 4.43. The van der Waals surface area contributed by atoms with Gasteiger partial charge < -0.3 is 10.4 Å². The molecule has 0 aliphatic carbocycles. The molecule has 2 N–H and O–H groups in total. The predicted molar refractivity (Wildman–Crippen MR) is 121 cm³/mol. The van der Waals surface area contributed by atoms with Crippen LogP contribution in [0.5, 0.6) is 0 Å². The number of carbonyl (C=O) groups excluding carboxylic acids is 1. The minimum Gasteiger partial charge on any atom is -0.478 e. The van der Waals surface area contributed by atoms with Crippen LogP contribution in [0.1, 0.15) is 57.2 Å². The number of hydrogen-bond donors (Lipinski definition) is 2. The van der Waals surface area contributed by atoms with Crippen molar-refractivity contribution in [2.45, 2.75) is 39.5 Å². The normalized spacial score (nSPS) is 10.2. The molecule has 0 aliphatic heterocycles. The zero-order chi connectivity index (χ0) is 21.2. The number of aromatic nitrogens is 1. The molecule has 3 aromatic heterocycles. The third kappa shape index (κ3) is 7.61. The summed E-state index contributed by atoms with van der Waals surface area (Å²) in [6.07, 6.45) is 5.66. The van der Waals surface area contributed by atoms with Gasteiger partial charge in [-0.25, -0.2) is 9.78 Å². The molecule has 29 heavy (non-hydrogen) atoms. The van der Waals surface area contributed by atoms with Gasteiger partial charge in [-0.1, -0.05) is 38.3 Å². The van der Waals surface area contributed by atoms with Crippen LogP contribution in [0.15, 0.2) is 41.2 Å². The molecule has 0 radical (unpaired) electrons. The molecular formula is C21H23ClN2O3S2. The molecule has 0 bridgehead atoms. The summed E-state index contributed by atoms with van der Waals surface area (Å²) in [5, 5.41) is 15.4. The number of aryl methyl sites for hydroxylation is 2. The molecule has 0 saturated carbocycles. The molecule has 3 rings (SSSR count). The number of rotatable bonds is 7. The lowest BCUT2D eigenvalue weighted by atomic mass is 10.2. The SMILES string of the molecule is CCCc1cc(C(=O)Nc2ccc(Cl)cn2)cs1.CCCc1cc(C(=O)O)cs1. The van der Waals surface area contributed by atoms with Crippen molar-refractivity contribution in [1.82, 2.24) is 4.98 Å². The molecular weight excluding hydrogens is 428 g/mol. The highest BCUT2D eigenvalue weighted by Gasteiger charge is 2.09. The number of anilines is 1. The standard InChI is InChI=1S/C13H13ClN2OS.C8H10O2S/c1-2-3-11-6-9(8-18-11)13(17)16-12-5-4-10(14)7-15-12;1-2-3-7-4-6(5-11-7)8(9)10/h4-8H,2-3H2,1H3,(H,15,16,17);4-5H,2-3H2,1H3,(H,9,10). The number of thiophene rings is 2. The summed E-state index contributed by atoms with van der Waals surface area (Å²) < 4.78 is 0. The van der Waals surface area contributed by atoms with Crippen molar-refractivity contribution in [1.29, 1.82) is 0 Å². The molecule has 0 saturated heterocycles. The van der Waals surface area contributed by atoms with Gasteiger partial charge in [0, 0.05) is 26.7 Å². The van der Waals surface area contributed by atoms with Crippen LogP contribution in [0.25, 0.3) is 0 Å². The second-order valence-electron chi connectivity index (χ2n) is 6.22. The van der Waals surface area contributed by atoms with E-state index in [1.165, 1.54) is 22.4 Å². The molecule has 0 fully saturated rings. The summed E-state index contributed by atoms with van der Waals surface area (Å²) in [6.45, 7) is 4.21. The van der Waals surface area contributed by atoms with E-state index in [1.807, 2.05) is 11.4 Å². The maximum absolute atomic E-state index is 11.9. The van der Waals surface area contributed by atoms with Crippen LogP contribution in [0, 0.1) is 0 Å². The van der Waals surface area contributed by atoms with Crippen molar-refractivity contribution < 1.29 is 14.7 Å². The van der Waals surface area contributed by atoms with E-state index in [0.717, 1.165) is 30.6 Å². The van der Waals surface area contributed by atoms with Crippen molar-refractivity contribution in [3.05, 3.63) is 67.1 Å². The summed E-state index contributed by atoms with van der Waals surface area (Å²) >= 11 is 8.86. The number of hydrogen-bond acceptors (Lipinski definition) is 5. The summed E-state index contributed by atoms with van der Waals surface area (Å²) in [4.78, 5) is 28.8. The lowest BCUT2D eigenvalue weighted by Crippen LogP contribution is -2.11. The minimum atomic E-state index is -0.830. The molecule has 1 amide bonds. The van der Waals surface area contributed by atoms with E-state index in [9.17, 15) is 9.59 Å². The van der Waals surface area contributed by atoms with Crippen molar-refractivity contribution in [2.24, 2.45) is 0 Å². The maximum atomic E-state index is 11.9. The number of aromatic carboxylic acids is 1. The van der Waals surface area contributed by atoms with Gasteiger partial charge in [0.1, 0.15) is 5.82 Å². The van der Waals surface area contributed by atoms with Gasteiger partial charge in [0.05, 0.1) is 16.1 Å². The lowest BCUT2D eigenvalue weighted by molar-refractivity contribution is 0.0697. The van der Waals surface area contributed by atoms with Crippen LogP contribution in [-0.4, -0.2) is 22.0 Å². The van der Waals surface area contributed by atoms with E-state index < -0.39 is 5.97 Å². The molecule has 5 nitrogen and oxygen atoms in total. The van der Waals surface area contributed by atoms with Crippen molar-refractivity contribution in [2.75, 3.05) is 5.32 Å². The number of halogens is 1. The Labute approximate surface area is 183 Å². The summed E-state index contributed by atoms with van der Waals surface area (Å²) in [6, 6.07) is 7.05. The number of amides is 1. The van der Waals surface area contributed by atoms with Gasteiger partial charge in [-0.15, -0.1) is 22.7 Å². The summed E-state index contributed by atoms with van der Waals surface area (Å²) in [5.41, 5.74) is 1.10. The third-order valence-electron chi connectivity index (χ3n) is 3.78. The Balaban J connectivity index is 0.000000234. The molecule has 0 unspecified atom stereocenters. The summed E-state index contributed by atoms with van der Waals surface area (Å²) in [5.74, 6) is -0.459. The minimum absolute atomic E-state index is 0.136. The predicted octanol–water partition coefficient (Wildman–Crippen LogP) is 6.40. The molecule has 8 heteroatoms. The zero-order valence-electron chi connectivity index (χ0n) is 16.3. The van der Waals surface area contributed by atoms with Crippen molar-refractivity contribution in [3.63, 3.8) is 0 Å². The second kappa shape index (κ2) is 11.7. The Morgan fingerprint density at radius 2 is 1.62 bits per heavy atom. The van der Waals surface area contributed by atoms with Gasteiger partial charge in [-0.3, -0.25) is 4.79 Å². The Morgan fingerprint density at radius 1 is 1.03 bits per heavy atom. The van der Waals surface area contributed by atoms with Gasteiger partial charge in [-0.2, -0.15) is 0 Å². The van der Waals surface area contributed by atoms with Crippen LogP contribution in [0.3, 0.4) is 0 Å². The number of carboxylic acid groups (broad SMARTS) is 1. The molecule has 0 aliphatic rings. The Hall–Kier alpha value is -2.22. The number of nitrogens with zero attached hydrogens (tertiary/aromatic N) is 1. The fraction of sp³-hybridized carbons (Fsp3) is 0.286. The first-order chi connectivity index (χ1) is 13.9. The van der Waals surface area contributed by atoms with Crippen LogP contribution in [0.4, 0.5) is 5.82 Å². The molecule has 0 aromatic carbocycles. The van der Waals surface area contributed by atoms with E-state index in [1.54, 1.807) is 34.9 Å². The summed E-state index contributed by atoms with van der Waals surface area (Å²) in [7, 11) is 0. The Bertz CT molecular complexity index is 936. The van der Waals surface area contributed by atoms with E-state index in [4.69, 9.17) is 16.7 Å². The Morgan fingerprint density at radius 3 is 2.10 bits per heavy atom. The molecule has 0 spiro atoms. The van der Waals surface area contributed by atoms with Gasteiger partial charge in [0.15, 0.2) is 0 Å². The molecule has 154 valence electrons. The average molecular weight is 451 g/mol. The lowest BCUT2D eigenvalue weighted by Gasteiger charge is -2.02. The highest BCUT2D eigenvalue weighted by Crippen LogP contribution is 2.18. The highest BCUT2D eigenvalue weighted by molar-refractivity contribution is 7.10. The van der Waals surface area contributed by atoms with E-state index >= 15 is 0 Å².